The number of anilines is 1. The van der Waals surface area contributed by atoms with E-state index < -0.39 is 34.0 Å². The minimum absolute atomic E-state index is 0.0700. The van der Waals surface area contributed by atoms with E-state index in [4.69, 9.17) is 5.26 Å². The minimum Gasteiger partial charge on any atom is -0.339 e. The second-order valence-corrected chi connectivity index (χ2v) is 10.5. The molecule has 3 unspecified atom stereocenters. The Hall–Kier alpha value is -2.50. The zero-order valence-corrected chi connectivity index (χ0v) is 18.6. The Bertz CT molecular complexity index is 1250. The van der Waals surface area contributed by atoms with Crippen LogP contribution >= 0.6 is 22.6 Å². The molecule has 0 radical (unpaired) electrons. The van der Waals surface area contributed by atoms with Gasteiger partial charge in [0.1, 0.15) is 12.1 Å². The number of rotatable bonds is 3. The van der Waals surface area contributed by atoms with Gasteiger partial charge in [0, 0.05) is 29.4 Å². The van der Waals surface area contributed by atoms with Crippen LogP contribution in [0.25, 0.3) is 0 Å². The molecule has 3 aliphatic rings. The van der Waals surface area contributed by atoms with E-state index in [1.165, 1.54) is 21.7 Å². The molecule has 0 spiro atoms. The molecule has 10 nitrogen and oxygen atoms in total. The van der Waals surface area contributed by atoms with Gasteiger partial charge in [0.05, 0.1) is 23.6 Å². The number of aromatic nitrogens is 2. The van der Waals surface area contributed by atoms with Crippen molar-refractivity contribution in [3.8, 4) is 6.07 Å². The molecule has 1 aromatic carbocycles. The summed E-state index contributed by atoms with van der Waals surface area (Å²) in [4.78, 5) is 32.8. The van der Waals surface area contributed by atoms with E-state index in [1.54, 1.807) is 29.8 Å². The predicted molar refractivity (Wildman–Crippen MR) is 112 cm³/mol. The van der Waals surface area contributed by atoms with Gasteiger partial charge in [-0.05, 0) is 47.2 Å². The van der Waals surface area contributed by atoms with Crippen molar-refractivity contribution >= 4 is 50.2 Å². The third-order valence-corrected chi connectivity index (χ3v) is 8.47. The second kappa shape index (κ2) is 6.50. The van der Waals surface area contributed by atoms with Gasteiger partial charge in [0.2, 0.25) is 0 Å². The van der Waals surface area contributed by atoms with Crippen LogP contribution in [0.15, 0.2) is 35.7 Å². The van der Waals surface area contributed by atoms with Crippen LogP contribution in [0.3, 0.4) is 0 Å². The van der Waals surface area contributed by atoms with Gasteiger partial charge >= 0.3 is 6.03 Å². The Balaban J connectivity index is 1.49. The Morgan fingerprint density at radius 1 is 1.30 bits per heavy atom. The fourth-order valence-electron chi connectivity index (χ4n) is 4.51. The summed E-state index contributed by atoms with van der Waals surface area (Å²) in [5.41, 5.74) is 0.827. The molecule has 1 aromatic heterocycles. The molecule has 3 amide bonds. The molecule has 5 rings (SSSR count). The number of sulfonamides is 1. The van der Waals surface area contributed by atoms with Gasteiger partial charge in [-0.1, -0.05) is 0 Å². The number of amides is 3. The fourth-order valence-corrected chi connectivity index (χ4v) is 6.77. The van der Waals surface area contributed by atoms with Gasteiger partial charge in [-0.3, -0.25) is 4.79 Å². The van der Waals surface area contributed by atoms with Crippen molar-refractivity contribution in [2.45, 2.75) is 29.6 Å². The molecule has 154 valence electrons. The summed E-state index contributed by atoms with van der Waals surface area (Å²) in [5, 5.41) is 9.04. The average Bonchev–Trinajstić information content (AvgIpc) is 3.45. The van der Waals surface area contributed by atoms with E-state index in [0.717, 1.165) is 4.90 Å². The average molecular weight is 538 g/mol. The smallest absolute Gasteiger partial charge is 0.332 e. The molecule has 0 aliphatic carbocycles. The summed E-state index contributed by atoms with van der Waals surface area (Å²) in [7, 11) is -2.19. The van der Waals surface area contributed by atoms with Gasteiger partial charge in [0.25, 0.3) is 15.9 Å². The van der Waals surface area contributed by atoms with Crippen molar-refractivity contribution in [1.82, 2.24) is 18.8 Å². The topological polar surface area (TPSA) is 120 Å². The number of carbonyl (C=O) groups excluding carboxylic acids is 2. The molecule has 3 saturated heterocycles. The van der Waals surface area contributed by atoms with Crippen molar-refractivity contribution < 1.29 is 18.0 Å². The lowest BCUT2D eigenvalue weighted by Crippen LogP contribution is -2.54. The van der Waals surface area contributed by atoms with E-state index in [1.807, 2.05) is 22.6 Å². The monoisotopic (exact) mass is 538 g/mol. The number of piperazine rings is 1. The molecule has 3 atom stereocenters. The van der Waals surface area contributed by atoms with E-state index >= 15 is 0 Å². The molecule has 4 heterocycles. The third-order valence-electron chi connectivity index (χ3n) is 5.80. The van der Waals surface area contributed by atoms with E-state index in [9.17, 15) is 18.0 Å². The van der Waals surface area contributed by atoms with Gasteiger partial charge in [-0.2, -0.15) is 9.57 Å². The lowest BCUT2D eigenvalue weighted by Gasteiger charge is -2.33. The van der Waals surface area contributed by atoms with Gasteiger partial charge in [-0.25, -0.2) is 23.1 Å². The normalized spacial score (nSPS) is 25.8. The number of hydrogen-bond acceptors (Lipinski definition) is 6. The first-order chi connectivity index (χ1) is 14.2. The van der Waals surface area contributed by atoms with Crippen molar-refractivity contribution in [3.05, 3.63) is 39.9 Å². The van der Waals surface area contributed by atoms with Crippen LogP contribution in [-0.4, -0.2) is 63.8 Å². The molecule has 12 heteroatoms. The first kappa shape index (κ1) is 19.5. The van der Waals surface area contributed by atoms with Crippen LogP contribution in [0.4, 0.5) is 10.5 Å². The van der Waals surface area contributed by atoms with Crippen molar-refractivity contribution in [1.29, 1.82) is 5.26 Å². The Labute approximate surface area is 185 Å². The Morgan fingerprint density at radius 3 is 2.70 bits per heavy atom. The zero-order valence-electron chi connectivity index (χ0n) is 15.6. The lowest BCUT2D eigenvalue weighted by molar-refractivity contribution is -0.120. The highest BCUT2D eigenvalue weighted by molar-refractivity contribution is 14.1. The molecule has 3 fully saturated rings. The first-order valence-electron chi connectivity index (χ1n) is 9.10. The van der Waals surface area contributed by atoms with Gasteiger partial charge in [0.15, 0.2) is 5.03 Å². The summed E-state index contributed by atoms with van der Waals surface area (Å²) in [6.45, 7) is 0.137. The maximum atomic E-state index is 13.2. The van der Waals surface area contributed by atoms with E-state index in [-0.39, 0.29) is 17.6 Å². The number of nitriles is 1. The number of carbonyl (C=O) groups is 2. The number of hydrogen-bond donors (Lipinski definition) is 0. The number of urea groups is 1. The van der Waals surface area contributed by atoms with Gasteiger partial charge < -0.3 is 9.47 Å². The standard InChI is InChI=1S/C18H15IN6O4S/c1-22-8-15(21-9-22)30(28,29)23-7-12-5-14(23)16-17(26)25(18(27)24(12)16)11-3-2-10(6-20)13(19)4-11/h2-4,8-9,12,14,16H,5,7H2,1H3. The summed E-state index contributed by atoms with van der Waals surface area (Å²) in [6, 6.07) is 4.49. The van der Waals surface area contributed by atoms with Crippen molar-refractivity contribution in [3.63, 3.8) is 0 Å². The van der Waals surface area contributed by atoms with Gasteiger partial charge in [-0.15, -0.1) is 0 Å². The number of halogens is 1. The molecule has 30 heavy (non-hydrogen) atoms. The third kappa shape index (κ3) is 2.55. The summed E-state index contributed by atoms with van der Waals surface area (Å²) in [6.07, 6.45) is 3.25. The second-order valence-electron chi connectivity index (χ2n) is 7.49. The minimum atomic E-state index is -3.87. The van der Waals surface area contributed by atoms with E-state index in [2.05, 4.69) is 11.1 Å². The quantitative estimate of drug-likeness (QED) is 0.423. The molecular weight excluding hydrogens is 523 g/mol. The Morgan fingerprint density at radius 2 is 2.07 bits per heavy atom. The SMILES string of the molecule is Cn1cnc(S(=O)(=O)N2CC3CC2C2C(=O)N(c4ccc(C#N)c(I)c4)C(=O)N32)c1. The molecular formula is C18H15IN6O4S. The van der Waals surface area contributed by atoms with Crippen LogP contribution in [0, 0.1) is 14.9 Å². The molecule has 3 aliphatic heterocycles. The number of aryl methyl sites for hydroxylation is 1. The van der Waals surface area contributed by atoms with Crippen LogP contribution in [0.5, 0.6) is 0 Å². The highest BCUT2D eigenvalue weighted by atomic mass is 127. The predicted octanol–water partition coefficient (Wildman–Crippen LogP) is 0.879. The molecule has 0 saturated carbocycles. The van der Waals surface area contributed by atoms with Crippen molar-refractivity contribution in [2.75, 3.05) is 11.4 Å². The number of imidazole rings is 1. The largest absolute Gasteiger partial charge is 0.339 e. The zero-order chi connectivity index (χ0) is 21.4. The number of fused-ring (bicyclic) bond motifs is 5. The summed E-state index contributed by atoms with van der Waals surface area (Å²) >= 11 is 1.98. The summed E-state index contributed by atoms with van der Waals surface area (Å²) < 4.78 is 29.6. The maximum absolute atomic E-state index is 13.2. The fraction of sp³-hybridized carbons (Fsp3) is 0.333. The summed E-state index contributed by atoms with van der Waals surface area (Å²) in [5.74, 6) is -0.450. The van der Waals surface area contributed by atoms with Crippen molar-refractivity contribution in [2.24, 2.45) is 7.05 Å². The molecule has 2 aromatic rings. The Kier molecular flexibility index (Phi) is 4.21. The van der Waals surface area contributed by atoms with E-state index in [0.29, 0.717) is 21.2 Å². The highest BCUT2D eigenvalue weighted by Crippen LogP contribution is 2.44. The van der Waals surface area contributed by atoms with Crippen LogP contribution < -0.4 is 4.90 Å². The first-order valence-corrected chi connectivity index (χ1v) is 11.6. The number of benzene rings is 1. The van der Waals surface area contributed by atoms with Crippen LogP contribution in [0.1, 0.15) is 12.0 Å². The molecule has 2 bridgehead atoms. The number of nitrogens with zero attached hydrogens (tertiary/aromatic N) is 6. The maximum Gasteiger partial charge on any atom is 0.332 e. The highest BCUT2D eigenvalue weighted by Gasteiger charge is 2.64. The number of imide groups is 1. The van der Waals surface area contributed by atoms with Crippen LogP contribution in [-0.2, 0) is 21.9 Å². The lowest BCUT2D eigenvalue weighted by atomic mass is 10.1. The van der Waals surface area contributed by atoms with Crippen LogP contribution in [0.2, 0.25) is 0 Å². The molecule has 0 N–H and O–H groups in total.